The van der Waals surface area contributed by atoms with Gasteiger partial charge in [0.1, 0.15) is 12.3 Å². The lowest BCUT2D eigenvalue weighted by atomic mass is 10.1. The van der Waals surface area contributed by atoms with Gasteiger partial charge in [-0.3, -0.25) is 9.59 Å². The zero-order valence-electron chi connectivity index (χ0n) is 15.0. The minimum Gasteiger partial charge on any atom is -0.467 e. The Labute approximate surface area is 151 Å². The van der Waals surface area contributed by atoms with Crippen LogP contribution in [0.2, 0.25) is 0 Å². The molecule has 1 amide bonds. The fourth-order valence-corrected chi connectivity index (χ4v) is 2.62. The smallest absolute Gasteiger partial charge is 0.267 e. The van der Waals surface area contributed by atoms with E-state index < -0.39 is 0 Å². The third-order valence-corrected chi connectivity index (χ3v) is 4.43. The number of rotatable bonds is 5. The normalized spacial score (nSPS) is 12.0. The number of amides is 1. The van der Waals surface area contributed by atoms with Crippen LogP contribution in [0.25, 0.3) is 11.3 Å². The summed E-state index contributed by atoms with van der Waals surface area (Å²) in [5, 5.41) is 4.35. The molecule has 134 valence electrons. The summed E-state index contributed by atoms with van der Waals surface area (Å²) in [5.74, 6) is 0.471. The molecule has 6 heteroatoms. The molecule has 6 nitrogen and oxygen atoms in total. The largest absolute Gasteiger partial charge is 0.467 e. The molecule has 0 saturated heterocycles. The van der Waals surface area contributed by atoms with E-state index in [0.717, 1.165) is 11.1 Å². The Bertz CT molecular complexity index is 943. The SMILES string of the molecule is Cc1ccc(-c2ccc(=O)n(CC(=O)N(C)C(C)c3ccco3)n2)cc1. The average molecular weight is 351 g/mol. The van der Waals surface area contributed by atoms with Crippen molar-refractivity contribution in [2.24, 2.45) is 0 Å². The van der Waals surface area contributed by atoms with Crippen molar-refractivity contribution in [3.05, 3.63) is 76.5 Å². The fourth-order valence-electron chi connectivity index (χ4n) is 2.62. The van der Waals surface area contributed by atoms with Gasteiger partial charge < -0.3 is 9.32 Å². The monoisotopic (exact) mass is 351 g/mol. The summed E-state index contributed by atoms with van der Waals surface area (Å²) in [5.41, 5.74) is 2.38. The number of hydrogen-bond donors (Lipinski definition) is 0. The number of carbonyl (C=O) groups excluding carboxylic acids is 1. The summed E-state index contributed by atoms with van der Waals surface area (Å²) < 4.78 is 6.55. The molecule has 1 atom stereocenters. The summed E-state index contributed by atoms with van der Waals surface area (Å²) in [6, 6.07) is 14.3. The predicted molar refractivity (Wildman–Crippen MR) is 98.6 cm³/mol. The number of aromatic nitrogens is 2. The second-order valence-electron chi connectivity index (χ2n) is 6.28. The van der Waals surface area contributed by atoms with Crippen LogP contribution < -0.4 is 5.56 Å². The topological polar surface area (TPSA) is 68.3 Å². The number of nitrogens with zero attached hydrogens (tertiary/aromatic N) is 3. The standard InChI is InChI=1S/C20H21N3O3/c1-14-6-8-16(9-7-14)17-10-11-19(24)23(21-17)13-20(25)22(3)15(2)18-5-4-12-26-18/h4-12,15H,13H2,1-3H3. The van der Waals surface area contributed by atoms with E-state index in [1.807, 2.05) is 44.2 Å². The molecule has 0 aliphatic heterocycles. The number of carbonyl (C=O) groups is 1. The van der Waals surface area contributed by atoms with Crippen molar-refractivity contribution in [2.45, 2.75) is 26.4 Å². The van der Waals surface area contributed by atoms with Gasteiger partial charge in [-0.15, -0.1) is 0 Å². The molecule has 0 aliphatic rings. The molecule has 2 heterocycles. The molecular formula is C20H21N3O3. The molecule has 0 fully saturated rings. The number of benzene rings is 1. The van der Waals surface area contributed by atoms with Gasteiger partial charge in [0.15, 0.2) is 0 Å². The van der Waals surface area contributed by atoms with Crippen LogP contribution >= 0.6 is 0 Å². The molecule has 2 aromatic heterocycles. The van der Waals surface area contributed by atoms with Crippen LogP contribution in [0.4, 0.5) is 0 Å². The Morgan fingerprint density at radius 3 is 2.58 bits per heavy atom. The van der Waals surface area contributed by atoms with Gasteiger partial charge in [-0.2, -0.15) is 5.10 Å². The second-order valence-corrected chi connectivity index (χ2v) is 6.28. The molecule has 3 aromatic rings. The van der Waals surface area contributed by atoms with E-state index in [0.29, 0.717) is 11.5 Å². The first-order valence-electron chi connectivity index (χ1n) is 8.40. The first-order valence-corrected chi connectivity index (χ1v) is 8.40. The van der Waals surface area contributed by atoms with Crippen molar-refractivity contribution in [1.82, 2.24) is 14.7 Å². The first kappa shape index (κ1) is 17.7. The Balaban J connectivity index is 1.80. The lowest BCUT2D eigenvalue weighted by molar-refractivity contribution is -0.133. The van der Waals surface area contributed by atoms with Gasteiger partial charge >= 0.3 is 0 Å². The van der Waals surface area contributed by atoms with Gasteiger partial charge in [0.2, 0.25) is 5.91 Å². The maximum atomic E-state index is 12.6. The Morgan fingerprint density at radius 1 is 1.19 bits per heavy atom. The van der Waals surface area contributed by atoms with Crippen molar-refractivity contribution < 1.29 is 9.21 Å². The molecular weight excluding hydrogens is 330 g/mol. The molecule has 0 N–H and O–H groups in total. The molecule has 3 rings (SSSR count). The first-order chi connectivity index (χ1) is 12.5. The van der Waals surface area contributed by atoms with Crippen LogP contribution in [0.1, 0.15) is 24.3 Å². The lowest BCUT2D eigenvalue weighted by Gasteiger charge is -2.23. The van der Waals surface area contributed by atoms with Crippen LogP contribution in [0.3, 0.4) is 0 Å². The molecule has 26 heavy (non-hydrogen) atoms. The van der Waals surface area contributed by atoms with Crippen molar-refractivity contribution in [3.8, 4) is 11.3 Å². The van der Waals surface area contributed by atoms with E-state index in [2.05, 4.69) is 5.10 Å². The predicted octanol–water partition coefficient (Wildman–Crippen LogP) is 3.03. The summed E-state index contributed by atoms with van der Waals surface area (Å²) >= 11 is 0. The van der Waals surface area contributed by atoms with Crippen LogP contribution in [0, 0.1) is 6.92 Å². The Morgan fingerprint density at radius 2 is 1.92 bits per heavy atom. The third-order valence-electron chi connectivity index (χ3n) is 4.43. The molecule has 1 unspecified atom stereocenters. The zero-order chi connectivity index (χ0) is 18.7. The molecule has 0 radical (unpaired) electrons. The molecule has 1 aromatic carbocycles. The molecule has 0 spiro atoms. The van der Waals surface area contributed by atoms with Gasteiger partial charge in [-0.05, 0) is 32.0 Å². The van der Waals surface area contributed by atoms with Crippen molar-refractivity contribution >= 4 is 5.91 Å². The van der Waals surface area contributed by atoms with Gasteiger partial charge in [-0.25, -0.2) is 4.68 Å². The minimum absolute atomic E-state index is 0.125. The summed E-state index contributed by atoms with van der Waals surface area (Å²) in [6.45, 7) is 3.75. The molecule has 0 saturated carbocycles. The number of furan rings is 1. The van der Waals surface area contributed by atoms with Crippen LogP contribution in [0.5, 0.6) is 0 Å². The average Bonchev–Trinajstić information content (AvgIpc) is 3.17. The molecule has 0 aliphatic carbocycles. The van der Waals surface area contributed by atoms with Crippen LogP contribution in [0.15, 0.2) is 64.0 Å². The summed E-state index contributed by atoms with van der Waals surface area (Å²) in [7, 11) is 1.68. The van der Waals surface area contributed by atoms with Crippen molar-refractivity contribution in [2.75, 3.05) is 7.05 Å². The summed E-state index contributed by atoms with van der Waals surface area (Å²) in [4.78, 5) is 26.3. The molecule has 0 bridgehead atoms. The van der Waals surface area contributed by atoms with Gasteiger partial charge in [0.05, 0.1) is 18.0 Å². The quantitative estimate of drug-likeness (QED) is 0.708. The highest BCUT2D eigenvalue weighted by molar-refractivity contribution is 5.76. The number of aryl methyl sites for hydroxylation is 1. The number of likely N-dealkylation sites (N-methyl/N-ethyl adjacent to an activating group) is 1. The second kappa shape index (κ2) is 7.39. The highest BCUT2D eigenvalue weighted by Crippen LogP contribution is 2.19. The maximum Gasteiger partial charge on any atom is 0.267 e. The van der Waals surface area contributed by atoms with Gasteiger partial charge in [0.25, 0.3) is 5.56 Å². The maximum absolute atomic E-state index is 12.6. The highest BCUT2D eigenvalue weighted by Gasteiger charge is 2.20. The fraction of sp³-hybridized carbons (Fsp3) is 0.250. The minimum atomic E-state index is -0.312. The van der Waals surface area contributed by atoms with E-state index in [-0.39, 0.29) is 24.1 Å². The van der Waals surface area contributed by atoms with Gasteiger partial charge in [0, 0.05) is 18.7 Å². The van der Waals surface area contributed by atoms with Gasteiger partial charge in [-0.1, -0.05) is 29.8 Å². The zero-order valence-corrected chi connectivity index (χ0v) is 15.0. The van der Waals surface area contributed by atoms with Crippen LogP contribution in [-0.4, -0.2) is 27.6 Å². The van der Waals surface area contributed by atoms with Crippen molar-refractivity contribution in [3.63, 3.8) is 0 Å². The Kier molecular flexibility index (Phi) is 5.02. The third kappa shape index (κ3) is 3.74. The van der Waals surface area contributed by atoms with E-state index in [9.17, 15) is 9.59 Å². The lowest BCUT2D eigenvalue weighted by Crippen LogP contribution is -2.36. The van der Waals surface area contributed by atoms with E-state index >= 15 is 0 Å². The number of hydrogen-bond acceptors (Lipinski definition) is 4. The van der Waals surface area contributed by atoms with E-state index in [1.54, 1.807) is 30.3 Å². The van der Waals surface area contributed by atoms with E-state index in [4.69, 9.17) is 4.42 Å². The highest BCUT2D eigenvalue weighted by atomic mass is 16.3. The van der Waals surface area contributed by atoms with Crippen molar-refractivity contribution in [1.29, 1.82) is 0 Å². The van der Waals surface area contributed by atoms with E-state index in [1.165, 1.54) is 10.7 Å². The van der Waals surface area contributed by atoms with Crippen LogP contribution in [-0.2, 0) is 11.3 Å². The summed E-state index contributed by atoms with van der Waals surface area (Å²) in [6.07, 6.45) is 1.57. The Hall–Kier alpha value is -3.15.